The molecule has 0 aliphatic carbocycles. The van der Waals surface area contributed by atoms with Crippen molar-refractivity contribution < 1.29 is 18.4 Å². The largest absolute Gasteiger partial charge is 0.353 e. The smallest absolute Gasteiger partial charge is 0.230 e. The number of carbonyl (C=O) groups is 2. The van der Waals surface area contributed by atoms with Crippen LogP contribution in [0.5, 0.6) is 0 Å². The normalized spacial score (nSPS) is 15.6. The van der Waals surface area contributed by atoms with Gasteiger partial charge in [0.1, 0.15) is 0 Å². The number of H-pyrrole nitrogens is 1. The third kappa shape index (κ3) is 4.28. The molecule has 2 N–H and O–H groups in total. The molecule has 2 amide bonds. The van der Waals surface area contributed by atoms with Crippen LogP contribution in [-0.4, -0.2) is 51.6 Å². The maximum Gasteiger partial charge on any atom is 0.230 e. The van der Waals surface area contributed by atoms with Crippen molar-refractivity contribution in [1.29, 1.82) is 0 Å². The summed E-state index contributed by atoms with van der Waals surface area (Å²) < 4.78 is 26.4. The van der Waals surface area contributed by atoms with Crippen molar-refractivity contribution in [2.24, 2.45) is 0 Å². The Morgan fingerprint density at radius 2 is 2.00 bits per heavy atom. The molecule has 0 saturated carbocycles. The molecule has 2 aromatic rings. The number of halogens is 2. The van der Waals surface area contributed by atoms with E-state index in [0.717, 1.165) is 25.0 Å². The molecule has 0 spiro atoms. The molecule has 0 unspecified atom stereocenters. The molecule has 6 nitrogen and oxygen atoms in total. The van der Waals surface area contributed by atoms with Crippen LogP contribution in [0.2, 0.25) is 0 Å². The lowest BCUT2D eigenvalue weighted by atomic mass is 10.1. The highest BCUT2D eigenvalue weighted by atomic mass is 32.2. The minimum absolute atomic E-state index is 0.0538. The number of hydrogen-bond acceptors (Lipinski definition) is 4. The molecule has 1 aromatic heterocycles. The maximum atomic E-state index is 13.2. The standard InChI is InChI=1S/C16H18F2N4O2S/c1-9(23)22-4-2-10(3-5-22)19-15(24)8-25-16-20-13-6-11(17)12(18)7-14(13)21-16/h6-7,10H,2-5,8H2,1H3,(H,19,24)(H,20,21). The molecule has 1 aromatic carbocycles. The first-order chi connectivity index (χ1) is 11.9. The molecule has 0 radical (unpaired) electrons. The first-order valence-corrected chi connectivity index (χ1v) is 8.93. The molecule has 0 atom stereocenters. The predicted octanol–water partition coefficient (Wildman–Crippen LogP) is 2.06. The first-order valence-electron chi connectivity index (χ1n) is 7.95. The summed E-state index contributed by atoms with van der Waals surface area (Å²) in [6, 6.07) is 2.13. The van der Waals surface area contributed by atoms with E-state index in [-0.39, 0.29) is 23.6 Å². The van der Waals surface area contributed by atoms with Gasteiger partial charge in [-0.15, -0.1) is 0 Å². The third-order valence-corrected chi connectivity index (χ3v) is 5.02. The number of fused-ring (bicyclic) bond motifs is 1. The molecule has 1 aliphatic heterocycles. The second kappa shape index (κ2) is 7.38. The Labute approximate surface area is 147 Å². The van der Waals surface area contributed by atoms with Crippen molar-refractivity contribution in [3.8, 4) is 0 Å². The van der Waals surface area contributed by atoms with Gasteiger partial charge in [-0.25, -0.2) is 13.8 Å². The first kappa shape index (κ1) is 17.7. The highest BCUT2D eigenvalue weighted by Gasteiger charge is 2.22. The van der Waals surface area contributed by atoms with Gasteiger partial charge in [-0.3, -0.25) is 9.59 Å². The topological polar surface area (TPSA) is 78.1 Å². The van der Waals surface area contributed by atoms with Gasteiger partial charge in [-0.05, 0) is 12.8 Å². The van der Waals surface area contributed by atoms with Gasteiger partial charge in [0, 0.05) is 38.2 Å². The Kier molecular flexibility index (Phi) is 5.22. The number of nitrogens with one attached hydrogen (secondary N) is 2. The van der Waals surface area contributed by atoms with Crippen LogP contribution in [-0.2, 0) is 9.59 Å². The zero-order valence-electron chi connectivity index (χ0n) is 13.6. The fourth-order valence-electron chi connectivity index (χ4n) is 2.79. The molecule has 9 heteroatoms. The van der Waals surface area contributed by atoms with Gasteiger partial charge in [-0.2, -0.15) is 0 Å². The van der Waals surface area contributed by atoms with Gasteiger partial charge in [-0.1, -0.05) is 11.8 Å². The molecule has 25 heavy (non-hydrogen) atoms. The van der Waals surface area contributed by atoms with E-state index >= 15 is 0 Å². The summed E-state index contributed by atoms with van der Waals surface area (Å²) in [7, 11) is 0. The molecule has 1 aliphatic rings. The zero-order chi connectivity index (χ0) is 18.0. The number of rotatable bonds is 4. The van der Waals surface area contributed by atoms with Crippen LogP contribution in [0.25, 0.3) is 11.0 Å². The number of piperidine rings is 1. The third-order valence-electron chi connectivity index (χ3n) is 4.15. The van der Waals surface area contributed by atoms with Crippen LogP contribution in [0, 0.1) is 11.6 Å². The number of benzene rings is 1. The van der Waals surface area contributed by atoms with Crippen molar-refractivity contribution in [2.45, 2.75) is 31.0 Å². The van der Waals surface area contributed by atoms with E-state index in [1.165, 1.54) is 11.8 Å². The van der Waals surface area contributed by atoms with E-state index in [9.17, 15) is 18.4 Å². The molecular formula is C16H18F2N4O2S. The van der Waals surface area contributed by atoms with E-state index in [1.807, 2.05) is 0 Å². The van der Waals surface area contributed by atoms with Crippen LogP contribution in [0.15, 0.2) is 17.3 Å². The fraction of sp³-hybridized carbons (Fsp3) is 0.438. The number of nitrogens with zero attached hydrogens (tertiary/aromatic N) is 2. The van der Waals surface area contributed by atoms with E-state index in [2.05, 4.69) is 15.3 Å². The van der Waals surface area contributed by atoms with Gasteiger partial charge in [0.05, 0.1) is 16.8 Å². The molecule has 1 fully saturated rings. The monoisotopic (exact) mass is 368 g/mol. The number of amides is 2. The lowest BCUT2D eigenvalue weighted by Gasteiger charge is -2.31. The molecule has 1 saturated heterocycles. The summed E-state index contributed by atoms with van der Waals surface area (Å²) in [6.45, 7) is 2.84. The molecule has 134 valence electrons. The van der Waals surface area contributed by atoms with Gasteiger partial charge in [0.2, 0.25) is 11.8 Å². The van der Waals surface area contributed by atoms with Crippen LogP contribution < -0.4 is 5.32 Å². The molecule has 2 heterocycles. The minimum atomic E-state index is -0.954. The Morgan fingerprint density at radius 3 is 2.68 bits per heavy atom. The van der Waals surface area contributed by atoms with E-state index in [0.29, 0.717) is 29.3 Å². The van der Waals surface area contributed by atoms with E-state index in [1.54, 1.807) is 11.8 Å². The van der Waals surface area contributed by atoms with E-state index in [4.69, 9.17) is 0 Å². The quantitative estimate of drug-likeness (QED) is 0.810. The average Bonchev–Trinajstić information content (AvgIpc) is 2.95. The number of aromatic nitrogens is 2. The van der Waals surface area contributed by atoms with Crippen molar-refractivity contribution in [1.82, 2.24) is 20.2 Å². The van der Waals surface area contributed by atoms with Crippen LogP contribution in [0.4, 0.5) is 8.78 Å². The Bertz CT molecular complexity index is 764. The van der Waals surface area contributed by atoms with Gasteiger partial charge in [0.25, 0.3) is 0 Å². The summed E-state index contributed by atoms with van der Waals surface area (Å²) in [5.41, 5.74) is 0.705. The second-order valence-electron chi connectivity index (χ2n) is 5.96. The van der Waals surface area contributed by atoms with Crippen molar-refractivity contribution >= 4 is 34.6 Å². The summed E-state index contributed by atoms with van der Waals surface area (Å²) in [5, 5.41) is 3.37. The van der Waals surface area contributed by atoms with E-state index < -0.39 is 11.6 Å². The van der Waals surface area contributed by atoms with Crippen molar-refractivity contribution in [3.05, 3.63) is 23.8 Å². The lowest BCUT2D eigenvalue weighted by Crippen LogP contribution is -2.46. The van der Waals surface area contributed by atoms with Crippen molar-refractivity contribution in [2.75, 3.05) is 18.8 Å². The average molecular weight is 368 g/mol. The summed E-state index contributed by atoms with van der Waals surface area (Å²) in [5.74, 6) is -1.83. The Morgan fingerprint density at radius 1 is 1.32 bits per heavy atom. The summed E-state index contributed by atoms with van der Waals surface area (Å²) in [6.07, 6.45) is 1.47. The van der Waals surface area contributed by atoms with Crippen molar-refractivity contribution in [3.63, 3.8) is 0 Å². The highest BCUT2D eigenvalue weighted by Crippen LogP contribution is 2.21. The highest BCUT2D eigenvalue weighted by molar-refractivity contribution is 7.99. The minimum Gasteiger partial charge on any atom is -0.353 e. The number of aromatic amines is 1. The zero-order valence-corrected chi connectivity index (χ0v) is 14.5. The number of carbonyl (C=O) groups excluding carboxylic acids is 2. The number of thioether (sulfide) groups is 1. The second-order valence-corrected chi connectivity index (χ2v) is 6.93. The van der Waals surface area contributed by atoms with Crippen LogP contribution in [0.3, 0.4) is 0 Å². The fourth-order valence-corrected chi connectivity index (χ4v) is 3.49. The summed E-state index contributed by atoms with van der Waals surface area (Å²) >= 11 is 1.17. The number of imidazole rings is 1. The maximum absolute atomic E-state index is 13.2. The number of hydrogen-bond donors (Lipinski definition) is 2. The Balaban J connectivity index is 1.50. The molecule has 3 rings (SSSR count). The van der Waals surface area contributed by atoms with Crippen LogP contribution in [0.1, 0.15) is 19.8 Å². The molecular weight excluding hydrogens is 350 g/mol. The molecule has 0 bridgehead atoms. The Hall–Kier alpha value is -2.16. The van der Waals surface area contributed by atoms with Gasteiger partial charge >= 0.3 is 0 Å². The predicted molar refractivity (Wildman–Crippen MR) is 90.2 cm³/mol. The summed E-state index contributed by atoms with van der Waals surface area (Å²) in [4.78, 5) is 32.1. The van der Waals surface area contributed by atoms with Gasteiger partial charge < -0.3 is 15.2 Å². The number of likely N-dealkylation sites (tertiary alicyclic amines) is 1. The van der Waals surface area contributed by atoms with Gasteiger partial charge in [0.15, 0.2) is 16.8 Å². The van der Waals surface area contributed by atoms with Crippen LogP contribution >= 0.6 is 11.8 Å². The SMILES string of the molecule is CC(=O)N1CCC(NC(=O)CSc2nc3cc(F)c(F)cc3[nH]2)CC1. The lowest BCUT2D eigenvalue weighted by molar-refractivity contribution is -0.130.